The van der Waals surface area contributed by atoms with Crippen molar-refractivity contribution in [1.29, 1.82) is 0 Å². The van der Waals surface area contributed by atoms with E-state index >= 15 is 0 Å². The molecule has 0 bridgehead atoms. The number of rotatable bonds is 4. The summed E-state index contributed by atoms with van der Waals surface area (Å²) < 4.78 is 18.8. The van der Waals surface area contributed by atoms with E-state index in [1.807, 2.05) is 0 Å². The van der Waals surface area contributed by atoms with Crippen molar-refractivity contribution in [2.75, 3.05) is 12.4 Å². The first kappa shape index (κ1) is 14.4. The smallest absolute Gasteiger partial charge is 0.126 e. The molecule has 0 heterocycles. The van der Waals surface area contributed by atoms with Gasteiger partial charge in [-0.05, 0) is 41.9 Å². The highest BCUT2D eigenvalue weighted by Crippen LogP contribution is 2.28. The summed E-state index contributed by atoms with van der Waals surface area (Å²) >= 11 is 4.35. The van der Waals surface area contributed by atoms with Gasteiger partial charge in [0.05, 0.1) is 6.61 Å². The third-order valence-electron chi connectivity index (χ3n) is 3.03. The van der Waals surface area contributed by atoms with Gasteiger partial charge in [0.15, 0.2) is 0 Å². The van der Waals surface area contributed by atoms with Crippen molar-refractivity contribution in [3.8, 4) is 5.75 Å². The monoisotopic (exact) mass is 256 g/mol. The van der Waals surface area contributed by atoms with Gasteiger partial charge in [0.25, 0.3) is 0 Å². The van der Waals surface area contributed by atoms with Crippen molar-refractivity contribution >= 4 is 12.6 Å². The fourth-order valence-electron chi connectivity index (χ4n) is 1.48. The Labute approximate surface area is 109 Å². The molecule has 1 nitrogen and oxygen atoms in total. The molecule has 0 aromatic heterocycles. The molecule has 1 atom stereocenters. The number of hydrogen-bond donors (Lipinski definition) is 1. The lowest BCUT2D eigenvalue weighted by Gasteiger charge is -2.29. The highest BCUT2D eigenvalue weighted by atomic mass is 32.1. The zero-order valence-electron chi connectivity index (χ0n) is 11.0. The van der Waals surface area contributed by atoms with E-state index in [1.54, 1.807) is 19.1 Å². The number of benzene rings is 1. The van der Waals surface area contributed by atoms with E-state index < -0.39 is 0 Å². The van der Waals surface area contributed by atoms with Crippen LogP contribution in [0.4, 0.5) is 4.39 Å². The molecule has 0 saturated heterocycles. The van der Waals surface area contributed by atoms with E-state index in [9.17, 15) is 4.39 Å². The lowest BCUT2D eigenvalue weighted by Crippen LogP contribution is -2.28. The van der Waals surface area contributed by atoms with Crippen molar-refractivity contribution in [1.82, 2.24) is 0 Å². The van der Waals surface area contributed by atoms with Crippen molar-refractivity contribution < 1.29 is 9.13 Å². The highest BCUT2D eigenvalue weighted by molar-refractivity contribution is 7.80. The molecule has 1 aromatic carbocycles. The van der Waals surface area contributed by atoms with Crippen LogP contribution in [0.3, 0.4) is 0 Å². The number of ether oxygens (including phenoxy) is 1. The largest absolute Gasteiger partial charge is 0.493 e. The first-order valence-corrected chi connectivity index (χ1v) is 6.47. The van der Waals surface area contributed by atoms with Gasteiger partial charge in [-0.2, -0.15) is 12.6 Å². The molecule has 17 heavy (non-hydrogen) atoms. The quantitative estimate of drug-likeness (QED) is 0.798. The summed E-state index contributed by atoms with van der Waals surface area (Å²) in [5.74, 6) is 1.68. The number of aryl methyl sites for hydroxylation is 1. The van der Waals surface area contributed by atoms with E-state index in [0.29, 0.717) is 18.1 Å². The Morgan fingerprint density at radius 3 is 2.47 bits per heavy atom. The highest BCUT2D eigenvalue weighted by Gasteiger charge is 2.23. The SMILES string of the molecule is Cc1cc(OCC(CS)C(C)(C)C)ccc1F. The van der Waals surface area contributed by atoms with E-state index in [-0.39, 0.29) is 11.2 Å². The van der Waals surface area contributed by atoms with Crippen LogP contribution in [0.2, 0.25) is 0 Å². The molecule has 96 valence electrons. The minimum Gasteiger partial charge on any atom is -0.493 e. The van der Waals surface area contributed by atoms with Crippen molar-refractivity contribution in [3.63, 3.8) is 0 Å². The van der Waals surface area contributed by atoms with Crippen LogP contribution in [0, 0.1) is 24.1 Å². The predicted molar refractivity (Wildman–Crippen MR) is 73.4 cm³/mol. The third-order valence-corrected chi connectivity index (χ3v) is 3.47. The summed E-state index contributed by atoms with van der Waals surface area (Å²) in [6, 6.07) is 4.84. The molecule has 1 aromatic rings. The van der Waals surface area contributed by atoms with Crippen molar-refractivity contribution in [2.45, 2.75) is 27.7 Å². The summed E-state index contributed by atoms with van der Waals surface area (Å²) in [6.45, 7) is 8.87. The van der Waals surface area contributed by atoms with Crippen LogP contribution in [-0.2, 0) is 0 Å². The van der Waals surface area contributed by atoms with Crippen LogP contribution in [-0.4, -0.2) is 12.4 Å². The second-order valence-corrected chi connectivity index (χ2v) is 5.83. The predicted octanol–water partition coefficient (Wildman–Crippen LogP) is 4.11. The van der Waals surface area contributed by atoms with Crippen LogP contribution < -0.4 is 4.74 Å². The zero-order valence-corrected chi connectivity index (χ0v) is 11.9. The fourth-order valence-corrected chi connectivity index (χ4v) is 2.13. The van der Waals surface area contributed by atoms with Gasteiger partial charge in [-0.25, -0.2) is 4.39 Å². The molecular weight excluding hydrogens is 235 g/mol. The van der Waals surface area contributed by atoms with Crippen LogP contribution in [0.5, 0.6) is 5.75 Å². The number of hydrogen-bond acceptors (Lipinski definition) is 2. The Kier molecular flexibility index (Phi) is 4.87. The molecule has 0 saturated carbocycles. The standard InChI is InChI=1S/C14H21FOS/c1-10-7-12(5-6-13(10)15)16-8-11(9-17)14(2,3)4/h5-7,11,17H,8-9H2,1-4H3. The van der Waals surface area contributed by atoms with E-state index in [0.717, 1.165) is 11.5 Å². The van der Waals surface area contributed by atoms with Crippen LogP contribution >= 0.6 is 12.6 Å². The Bertz CT molecular complexity index is 371. The molecule has 0 aliphatic rings. The van der Waals surface area contributed by atoms with E-state index in [4.69, 9.17) is 4.74 Å². The summed E-state index contributed by atoms with van der Waals surface area (Å²) in [6.07, 6.45) is 0. The second-order valence-electron chi connectivity index (χ2n) is 5.47. The van der Waals surface area contributed by atoms with Crippen LogP contribution in [0.15, 0.2) is 18.2 Å². The minimum absolute atomic E-state index is 0.164. The summed E-state index contributed by atoms with van der Waals surface area (Å²) in [7, 11) is 0. The number of halogens is 1. The van der Waals surface area contributed by atoms with Gasteiger partial charge in [-0.1, -0.05) is 20.8 Å². The maximum atomic E-state index is 13.1. The van der Waals surface area contributed by atoms with Crippen LogP contribution in [0.1, 0.15) is 26.3 Å². The van der Waals surface area contributed by atoms with Gasteiger partial charge >= 0.3 is 0 Å². The maximum absolute atomic E-state index is 13.1. The molecule has 1 unspecified atom stereocenters. The zero-order chi connectivity index (χ0) is 13.1. The fraction of sp³-hybridized carbons (Fsp3) is 0.571. The van der Waals surface area contributed by atoms with Crippen molar-refractivity contribution in [2.24, 2.45) is 11.3 Å². The Morgan fingerprint density at radius 2 is 2.00 bits per heavy atom. The normalized spacial score (nSPS) is 13.5. The van der Waals surface area contributed by atoms with Gasteiger partial charge in [-0.15, -0.1) is 0 Å². The lowest BCUT2D eigenvalue weighted by molar-refractivity contribution is 0.165. The van der Waals surface area contributed by atoms with Gasteiger partial charge in [0, 0.05) is 5.92 Å². The number of thiol groups is 1. The first-order valence-electron chi connectivity index (χ1n) is 5.84. The molecule has 0 spiro atoms. The Morgan fingerprint density at radius 1 is 1.35 bits per heavy atom. The molecule has 0 aliphatic carbocycles. The molecule has 1 rings (SSSR count). The molecule has 0 radical (unpaired) electrons. The topological polar surface area (TPSA) is 9.23 Å². The molecule has 0 amide bonds. The maximum Gasteiger partial charge on any atom is 0.126 e. The molecular formula is C14H21FOS. The average Bonchev–Trinajstić information content (AvgIpc) is 2.22. The first-order chi connectivity index (χ1) is 7.84. The molecule has 0 fully saturated rings. The van der Waals surface area contributed by atoms with E-state index in [2.05, 4.69) is 33.4 Å². The third kappa shape index (κ3) is 4.23. The summed E-state index contributed by atoms with van der Waals surface area (Å²) in [5.41, 5.74) is 0.775. The minimum atomic E-state index is -0.195. The van der Waals surface area contributed by atoms with Crippen molar-refractivity contribution in [3.05, 3.63) is 29.6 Å². The average molecular weight is 256 g/mol. The molecule has 3 heteroatoms. The van der Waals surface area contributed by atoms with Gasteiger partial charge in [0.2, 0.25) is 0 Å². The van der Waals surface area contributed by atoms with Gasteiger partial charge < -0.3 is 4.74 Å². The van der Waals surface area contributed by atoms with Gasteiger partial charge in [0.1, 0.15) is 11.6 Å². The molecule has 0 aliphatic heterocycles. The lowest BCUT2D eigenvalue weighted by atomic mass is 9.82. The summed E-state index contributed by atoms with van der Waals surface area (Å²) in [5, 5.41) is 0. The summed E-state index contributed by atoms with van der Waals surface area (Å²) in [4.78, 5) is 0. The van der Waals surface area contributed by atoms with Gasteiger partial charge in [-0.3, -0.25) is 0 Å². The van der Waals surface area contributed by atoms with E-state index in [1.165, 1.54) is 6.07 Å². The van der Waals surface area contributed by atoms with Crippen LogP contribution in [0.25, 0.3) is 0 Å². The second kappa shape index (κ2) is 5.76. The Hall–Kier alpha value is -0.700. The Balaban J connectivity index is 2.63. The molecule has 0 N–H and O–H groups in total.